The van der Waals surface area contributed by atoms with Crippen LogP contribution >= 0.6 is 0 Å². The number of benzene rings is 4. The van der Waals surface area contributed by atoms with Crippen LogP contribution < -0.4 is 0 Å². The van der Waals surface area contributed by atoms with E-state index in [0.29, 0.717) is 11.4 Å². The lowest BCUT2D eigenvalue weighted by Crippen LogP contribution is -2.02. The molecule has 0 saturated heterocycles. The van der Waals surface area contributed by atoms with Crippen molar-refractivity contribution in [2.75, 3.05) is 0 Å². The van der Waals surface area contributed by atoms with E-state index >= 15 is 0 Å². The summed E-state index contributed by atoms with van der Waals surface area (Å²) in [6, 6.07) is 25.3. The van der Waals surface area contributed by atoms with E-state index in [2.05, 4.69) is 103 Å². The summed E-state index contributed by atoms with van der Waals surface area (Å²) in [6.07, 6.45) is 3.81. The Hall–Kier alpha value is -5.78. The highest BCUT2D eigenvalue weighted by atomic mass is 15.0. The lowest BCUT2D eigenvalue weighted by Gasteiger charge is -2.18. The molecule has 6 aromatic rings. The molecule has 2 heterocycles. The van der Waals surface area contributed by atoms with Gasteiger partial charge >= 0.3 is 0 Å². The molecule has 4 aromatic carbocycles. The standard InChI is InChI=1S/C37H25N5/c1-6-23-24-10-8-9-11-32(24)42(31(23)7-2)33-17-21(4)28(16-22(33)5)25-14-15-27-35-26(13-12-20(3)34(25)35)36-37(27)41-30(19-39)29(18-38)40-36/h6-17H,1-2H2,3-5H3. The highest BCUT2D eigenvalue weighted by molar-refractivity contribution is 6.18. The van der Waals surface area contributed by atoms with Gasteiger partial charge in [0.1, 0.15) is 12.1 Å². The maximum Gasteiger partial charge on any atom is 0.177 e. The number of para-hydroxylation sites is 1. The van der Waals surface area contributed by atoms with Gasteiger partial charge in [0.05, 0.1) is 22.6 Å². The first-order chi connectivity index (χ1) is 20.4. The Bertz CT molecular complexity index is 2240. The van der Waals surface area contributed by atoms with Crippen LogP contribution in [0.2, 0.25) is 0 Å². The van der Waals surface area contributed by atoms with Crippen molar-refractivity contribution in [1.29, 1.82) is 10.5 Å². The fraction of sp³-hybridized carbons (Fsp3) is 0.0811. The zero-order valence-corrected chi connectivity index (χ0v) is 23.6. The van der Waals surface area contributed by atoms with Gasteiger partial charge < -0.3 is 4.57 Å². The van der Waals surface area contributed by atoms with Crippen LogP contribution in [0.1, 0.15) is 39.3 Å². The maximum atomic E-state index is 9.58. The van der Waals surface area contributed by atoms with Gasteiger partial charge in [0.15, 0.2) is 11.4 Å². The number of hydrogen-bond donors (Lipinski definition) is 0. The first-order valence-electron chi connectivity index (χ1n) is 13.7. The molecule has 198 valence electrons. The Balaban J connectivity index is 1.48. The predicted molar refractivity (Wildman–Crippen MR) is 170 cm³/mol. The fourth-order valence-corrected chi connectivity index (χ4v) is 6.54. The zero-order chi connectivity index (χ0) is 29.3. The topological polar surface area (TPSA) is 78.3 Å². The normalized spacial score (nSPS) is 11.4. The van der Waals surface area contributed by atoms with Crippen LogP contribution in [0, 0.1) is 43.4 Å². The molecule has 42 heavy (non-hydrogen) atoms. The monoisotopic (exact) mass is 539 g/mol. The Morgan fingerprint density at radius 1 is 0.690 bits per heavy atom. The number of nitrogens with zero attached hydrogens (tertiary/aromatic N) is 5. The molecular formula is C37H25N5. The molecule has 0 N–H and O–H groups in total. The second-order valence-electron chi connectivity index (χ2n) is 10.7. The van der Waals surface area contributed by atoms with Crippen LogP contribution in [0.5, 0.6) is 0 Å². The molecule has 5 heteroatoms. The van der Waals surface area contributed by atoms with Gasteiger partial charge in [-0.15, -0.1) is 0 Å². The van der Waals surface area contributed by atoms with Crippen LogP contribution in [-0.2, 0) is 0 Å². The van der Waals surface area contributed by atoms with E-state index in [9.17, 15) is 10.5 Å². The van der Waals surface area contributed by atoms with Gasteiger partial charge in [-0.25, -0.2) is 9.97 Å². The number of aryl methyl sites for hydroxylation is 3. The van der Waals surface area contributed by atoms with Crippen LogP contribution in [-0.4, -0.2) is 14.5 Å². The average Bonchev–Trinajstić information content (AvgIpc) is 3.51. The number of hydrogen-bond acceptors (Lipinski definition) is 4. The third-order valence-corrected chi connectivity index (χ3v) is 8.41. The van der Waals surface area contributed by atoms with E-state index in [-0.39, 0.29) is 11.4 Å². The number of fused-ring (bicyclic) bond motifs is 4. The van der Waals surface area contributed by atoms with Crippen molar-refractivity contribution in [3.8, 4) is 51.5 Å². The van der Waals surface area contributed by atoms with Gasteiger partial charge in [-0.3, -0.25) is 0 Å². The van der Waals surface area contributed by atoms with Gasteiger partial charge in [0, 0.05) is 33.2 Å². The van der Waals surface area contributed by atoms with Gasteiger partial charge in [-0.1, -0.05) is 61.7 Å². The zero-order valence-electron chi connectivity index (χ0n) is 23.6. The van der Waals surface area contributed by atoms with E-state index in [4.69, 9.17) is 0 Å². The summed E-state index contributed by atoms with van der Waals surface area (Å²) in [5.41, 5.74) is 13.3. The lowest BCUT2D eigenvalue weighted by atomic mass is 9.89. The summed E-state index contributed by atoms with van der Waals surface area (Å²) < 4.78 is 2.28. The van der Waals surface area contributed by atoms with E-state index in [1.807, 2.05) is 30.4 Å². The average molecular weight is 540 g/mol. The van der Waals surface area contributed by atoms with Crippen molar-refractivity contribution in [2.24, 2.45) is 0 Å². The number of nitriles is 2. The van der Waals surface area contributed by atoms with E-state index in [0.717, 1.165) is 77.6 Å². The molecule has 1 aliphatic carbocycles. The first kappa shape index (κ1) is 25.2. The molecule has 2 aromatic heterocycles. The molecule has 7 rings (SSSR count). The largest absolute Gasteiger partial charge is 0.309 e. The third kappa shape index (κ3) is 3.28. The summed E-state index contributed by atoms with van der Waals surface area (Å²) in [5, 5.41) is 22.5. The number of rotatable bonds is 4. The third-order valence-electron chi connectivity index (χ3n) is 8.41. The quantitative estimate of drug-likeness (QED) is 0.224. The van der Waals surface area contributed by atoms with Crippen LogP contribution in [0.15, 0.2) is 73.8 Å². The molecule has 0 bridgehead atoms. The van der Waals surface area contributed by atoms with Gasteiger partial charge in [0.25, 0.3) is 0 Å². The summed E-state index contributed by atoms with van der Waals surface area (Å²) in [4.78, 5) is 9.15. The SMILES string of the molecule is C=Cc1c(C=C)n(-c2cc(C)c(-c3ccc4c5c(ccc(C)c35)-c3nc(C#N)c(C#N)nc3-4)cc2C)c2ccccc12. The van der Waals surface area contributed by atoms with Crippen molar-refractivity contribution in [2.45, 2.75) is 20.8 Å². The minimum Gasteiger partial charge on any atom is -0.309 e. The summed E-state index contributed by atoms with van der Waals surface area (Å²) >= 11 is 0. The highest BCUT2D eigenvalue weighted by Crippen LogP contribution is 2.49. The fourth-order valence-electron chi connectivity index (χ4n) is 6.54. The Labute approximate surface area is 244 Å². The van der Waals surface area contributed by atoms with Crippen LogP contribution in [0.4, 0.5) is 0 Å². The van der Waals surface area contributed by atoms with Crippen molar-refractivity contribution >= 4 is 33.8 Å². The predicted octanol–water partition coefficient (Wildman–Crippen LogP) is 8.84. The molecular weight excluding hydrogens is 514 g/mol. The summed E-state index contributed by atoms with van der Waals surface area (Å²) in [7, 11) is 0. The molecule has 0 aliphatic heterocycles. The molecule has 0 radical (unpaired) electrons. The molecule has 0 spiro atoms. The van der Waals surface area contributed by atoms with Gasteiger partial charge in [-0.2, -0.15) is 10.5 Å². The first-order valence-corrected chi connectivity index (χ1v) is 13.7. The molecule has 1 aliphatic rings. The van der Waals surface area contributed by atoms with E-state index < -0.39 is 0 Å². The molecule has 0 atom stereocenters. The van der Waals surface area contributed by atoms with E-state index in [1.54, 1.807) is 0 Å². The minimum atomic E-state index is 0.0519. The molecule has 0 unspecified atom stereocenters. The van der Waals surface area contributed by atoms with Crippen molar-refractivity contribution in [3.63, 3.8) is 0 Å². The van der Waals surface area contributed by atoms with Crippen molar-refractivity contribution < 1.29 is 0 Å². The summed E-state index contributed by atoms with van der Waals surface area (Å²) in [6.45, 7) is 14.6. The Kier molecular flexibility index (Phi) is 5.48. The lowest BCUT2D eigenvalue weighted by molar-refractivity contribution is 1.08. The molecule has 5 nitrogen and oxygen atoms in total. The van der Waals surface area contributed by atoms with Crippen LogP contribution in [0.3, 0.4) is 0 Å². The smallest absolute Gasteiger partial charge is 0.177 e. The highest BCUT2D eigenvalue weighted by Gasteiger charge is 2.28. The minimum absolute atomic E-state index is 0.0519. The summed E-state index contributed by atoms with van der Waals surface area (Å²) in [5.74, 6) is 0. The second-order valence-corrected chi connectivity index (χ2v) is 10.7. The van der Waals surface area contributed by atoms with Gasteiger partial charge in [0.2, 0.25) is 0 Å². The van der Waals surface area contributed by atoms with E-state index in [1.165, 1.54) is 0 Å². The van der Waals surface area contributed by atoms with Gasteiger partial charge in [-0.05, 0) is 78.2 Å². The molecule has 0 saturated carbocycles. The molecule has 0 fully saturated rings. The number of aromatic nitrogens is 3. The van der Waals surface area contributed by atoms with Crippen LogP contribution in [0.25, 0.3) is 73.2 Å². The Morgan fingerprint density at radius 3 is 1.98 bits per heavy atom. The molecule has 0 amide bonds. The maximum absolute atomic E-state index is 9.58. The van der Waals surface area contributed by atoms with Crippen molar-refractivity contribution in [3.05, 3.63) is 113 Å². The second kappa shape index (κ2) is 9.13. The Morgan fingerprint density at radius 2 is 1.33 bits per heavy atom. The van der Waals surface area contributed by atoms with Crippen molar-refractivity contribution in [1.82, 2.24) is 14.5 Å².